The van der Waals surface area contributed by atoms with Gasteiger partial charge in [-0.2, -0.15) is 10.2 Å². The number of hydrogen-bond donors (Lipinski definition) is 2. The summed E-state index contributed by atoms with van der Waals surface area (Å²) in [5.41, 5.74) is 11.4. The Morgan fingerprint density at radius 2 is 0.971 bits per heavy atom. The lowest BCUT2D eigenvalue weighted by atomic mass is 10.1. The fraction of sp³-hybridized carbons (Fsp3) is 0.429. The molecule has 0 atom stereocenters. The standard InChI is InChI=1S/C28H38N4O2/c1-5-23-13-17-25(18-14-23)21(3)29-31-27(33)11-9-7-8-10-12-28(34)32-30-22(4)26-19-15-24(6-2)16-20-26/h13-20H,5-12H2,1-4H3,(H,31,33)(H,32,34)/b29-21+,30-22+. The van der Waals surface area contributed by atoms with Gasteiger partial charge in [-0.05, 0) is 61.8 Å². The lowest BCUT2D eigenvalue weighted by Gasteiger charge is -2.05. The third-order valence-electron chi connectivity index (χ3n) is 5.81. The predicted molar refractivity (Wildman–Crippen MR) is 140 cm³/mol. The summed E-state index contributed by atoms with van der Waals surface area (Å²) in [5.74, 6) is -0.168. The first-order chi connectivity index (χ1) is 16.4. The Kier molecular flexibility index (Phi) is 11.7. The van der Waals surface area contributed by atoms with Crippen molar-refractivity contribution in [3.05, 3.63) is 70.8 Å². The normalized spacial score (nSPS) is 11.9. The summed E-state index contributed by atoms with van der Waals surface area (Å²) >= 11 is 0. The van der Waals surface area contributed by atoms with E-state index in [-0.39, 0.29) is 11.8 Å². The molecule has 182 valence electrons. The molecule has 2 aromatic rings. The molecule has 2 aromatic carbocycles. The van der Waals surface area contributed by atoms with Crippen molar-refractivity contribution in [2.75, 3.05) is 0 Å². The molecule has 2 rings (SSSR count). The van der Waals surface area contributed by atoms with Gasteiger partial charge in [0, 0.05) is 12.8 Å². The molecule has 2 amide bonds. The molecule has 0 saturated heterocycles. The number of carbonyl (C=O) groups is 2. The highest BCUT2D eigenvalue weighted by Gasteiger charge is 2.04. The van der Waals surface area contributed by atoms with E-state index in [0.29, 0.717) is 12.8 Å². The number of hydrazone groups is 2. The molecule has 0 aromatic heterocycles. The van der Waals surface area contributed by atoms with E-state index in [1.165, 1.54) is 11.1 Å². The number of rotatable bonds is 13. The van der Waals surface area contributed by atoms with Crippen molar-refractivity contribution in [1.82, 2.24) is 10.9 Å². The van der Waals surface area contributed by atoms with Crippen LogP contribution in [0.5, 0.6) is 0 Å². The Morgan fingerprint density at radius 3 is 1.29 bits per heavy atom. The second kappa shape index (κ2) is 14.8. The van der Waals surface area contributed by atoms with Crippen LogP contribution in [-0.4, -0.2) is 23.2 Å². The first kappa shape index (κ1) is 27.0. The number of aryl methyl sites for hydroxylation is 2. The third-order valence-corrected chi connectivity index (χ3v) is 5.81. The van der Waals surface area contributed by atoms with E-state index in [1.54, 1.807) is 0 Å². The molecule has 0 radical (unpaired) electrons. The van der Waals surface area contributed by atoms with Crippen LogP contribution in [0.1, 0.15) is 88.5 Å². The summed E-state index contributed by atoms with van der Waals surface area (Å²) in [6, 6.07) is 16.4. The van der Waals surface area contributed by atoms with Crippen LogP contribution in [0.2, 0.25) is 0 Å². The van der Waals surface area contributed by atoms with Crippen molar-refractivity contribution < 1.29 is 9.59 Å². The largest absolute Gasteiger partial charge is 0.273 e. The van der Waals surface area contributed by atoms with Gasteiger partial charge < -0.3 is 0 Å². The zero-order valence-corrected chi connectivity index (χ0v) is 21.0. The predicted octanol–water partition coefficient (Wildman–Crippen LogP) is 5.53. The molecule has 34 heavy (non-hydrogen) atoms. The number of hydrogen-bond acceptors (Lipinski definition) is 4. The molecule has 0 saturated carbocycles. The van der Waals surface area contributed by atoms with Gasteiger partial charge in [0.05, 0.1) is 11.4 Å². The van der Waals surface area contributed by atoms with Gasteiger partial charge in [0.2, 0.25) is 11.8 Å². The summed E-state index contributed by atoms with van der Waals surface area (Å²) < 4.78 is 0. The number of nitrogens with one attached hydrogen (secondary N) is 2. The summed E-state index contributed by atoms with van der Waals surface area (Å²) in [7, 11) is 0. The zero-order valence-electron chi connectivity index (χ0n) is 21.0. The summed E-state index contributed by atoms with van der Waals surface area (Å²) in [6.45, 7) is 8.02. The molecule has 6 heteroatoms. The Bertz CT molecular complexity index is 895. The zero-order chi connectivity index (χ0) is 24.8. The molecule has 0 spiro atoms. The lowest BCUT2D eigenvalue weighted by Crippen LogP contribution is -2.19. The summed E-state index contributed by atoms with van der Waals surface area (Å²) in [5, 5.41) is 8.41. The Balaban J connectivity index is 1.58. The molecule has 2 N–H and O–H groups in total. The maximum absolute atomic E-state index is 12.0. The van der Waals surface area contributed by atoms with Crippen LogP contribution in [0.4, 0.5) is 0 Å². The minimum absolute atomic E-state index is 0.0842. The van der Waals surface area contributed by atoms with Gasteiger partial charge in [-0.25, -0.2) is 10.9 Å². The van der Waals surface area contributed by atoms with E-state index in [4.69, 9.17) is 0 Å². The van der Waals surface area contributed by atoms with Crippen molar-refractivity contribution in [3.8, 4) is 0 Å². The first-order valence-electron chi connectivity index (χ1n) is 12.3. The number of amides is 2. The topological polar surface area (TPSA) is 82.9 Å². The molecular weight excluding hydrogens is 424 g/mol. The fourth-order valence-corrected chi connectivity index (χ4v) is 3.42. The van der Waals surface area contributed by atoms with Gasteiger partial charge >= 0.3 is 0 Å². The van der Waals surface area contributed by atoms with Crippen LogP contribution in [0.15, 0.2) is 58.7 Å². The molecule has 0 bridgehead atoms. The van der Waals surface area contributed by atoms with Gasteiger partial charge in [0.25, 0.3) is 0 Å². The Morgan fingerprint density at radius 1 is 0.618 bits per heavy atom. The fourth-order valence-electron chi connectivity index (χ4n) is 3.42. The van der Waals surface area contributed by atoms with E-state index in [1.807, 2.05) is 38.1 Å². The van der Waals surface area contributed by atoms with Crippen molar-refractivity contribution in [2.24, 2.45) is 10.2 Å². The third kappa shape index (κ3) is 9.69. The number of unbranched alkanes of at least 4 members (excludes halogenated alkanes) is 3. The van der Waals surface area contributed by atoms with Crippen molar-refractivity contribution in [3.63, 3.8) is 0 Å². The number of nitrogens with zero attached hydrogens (tertiary/aromatic N) is 2. The maximum Gasteiger partial charge on any atom is 0.240 e. The monoisotopic (exact) mass is 462 g/mol. The van der Waals surface area contributed by atoms with Gasteiger partial charge in [0.1, 0.15) is 0 Å². The molecule has 0 aliphatic heterocycles. The Hall–Kier alpha value is -3.28. The average Bonchev–Trinajstić information content (AvgIpc) is 2.87. The molecule has 6 nitrogen and oxygen atoms in total. The minimum atomic E-state index is -0.0842. The van der Waals surface area contributed by atoms with E-state index >= 15 is 0 Å². The highest BCUT2D eigenvalue weighted by Crippen LogP contribution is 2.08. The molecular formula is C28H38N4O2. The molecule has 0 fully saturated rings. The van der Waals surface area contributed by atoms with Crippen LogP contribution in [0.25, 0.3) is 0 Å². The number of carbonyl (C=O) groups excluding carboxylic acids is 2. The molecule has 0 aliphatic carbocycles. The second-order valence-electron chi connectivity index (χ2n) is 8.48. The molecule has 0 aliphatic rings. The molecule has 0 heterocycles. The van der Waals surface area contributed by atoms with E-state index in [0.717, 1.165) is 61.1 Å². The van der Waals surface area contributed by atoms with Crippen molar-refractivity contribution >= 4 is 23.2 Å². The van der Waals surface area contributed by atoms with E-state index in [2.05, 4.69) is 59.2 Å². The first-order valence-corrected chi connectivity index (χ1v) is 12.3. The van der Waals surface area contributed by atoms with Crippen LogP contribution >= 0.6 is 0 Å². The lowest BCUT2D eigenvalue weighted by molar-refractivity contribution is -0.122. The van der Waals surface area contributed by atoms with Crippen LogP contribution in [-0.2, 0) is 22.4 Å². The number of benzene rings is 2. The highest BCUT2D eigenvalue weighted by molar-refractivity contribution is 5.99. The van der Waals surface area contributed by atoms with Gasteiger partial charge in [-0.15, -0.1) is 0 Å². The highest BCUT2D eigenvalue weighted by atomic mass is 16.2. The van der Waals surface area contributed by atoms with Crippen LogP contribution < -0.4 is 10.9 Å². The van der Waals surface area contributed by atoms with Gasteiger partial charge in [0.15, 0.2) is 0 Å². The molecule has 0 unspecified atom stereocenters. The smallest absolute Gasteiger partial charge is 0.240 e. The minimum Gasteiger partial charge on any atom is -0.273 e. The quantitative estimate of drug-likeness (QED) is 0.233. The average molecular weight is 463 g/mol. The van der Waals surface area contributed by atoms with Crippen molar-refractivity contribution in [2.45, 2.75) is 79.1 Å². The SMILES string of the molecule is CCc1ccc(/C(C)=N/NC(=O)CCCCCCC(=O)N/N=C(\C)c2ccc(CC)cc2)cc1. The van der Waals surface area contributed by atoms with Gasteiger partial charge in [-0.1, -0.05) is 75.2 Å². The maximum atomic E-state index is 12.0. The van der Waals surface area contributed by atoms with E-state index < -0.39 is 0 Å². The van der Waals surface area contributed by atoms with Gasteiger partial charge in [-0.3, -0.25) is 9.59 Å². The van der Waals surface area contributed by atoms with Crippen LogP contribution in [0.3, 0.4) is 0 Å². The van der Waals surface area contributed by atoms with E-state index in [9.17, 15) is 9.59 Å². The summed E-state index contributed by atoms with van der Waals surface area (Å²) in [6.07, 6.45) is 6.20. The second-order valence-corrected chi connectivity index (χ2v) is 8.48. The van der Waals surface area contributed by atoms with Crippen LogP contribution in [0, 0.1) is 0 Å². The van der Waals surface area contributed by atoms with Crippen molar-refractivity contribution in [1.29, 1.82) is 0 Å². The Labute approximate surface area is 203 Å². The summed E-state index contributed by atoms with van der Waals surface area (Å²) in [4.78, 5) is 24.0.